The molecule has 1 nitrogen and oxygen atoms in total. The van der Waals surface area contributed by atoms with E-state index in [4.69, 9.17) is 0 Å². The van der Waals surface area contributed by atoms with Crippen LogP contribution in [0.1, 0.15) is 49.9 Å². The Bertz CT molecular complexity index is 325. The molecular formula is C14H20FN. The zero-order valence-corrected chi connectivity index (χ0v) is 10.0. The van der Waals surface area contributed by atoms with E-state index in [1.165, 1.54) is 5.56 Å². The van der Waals surface area contributed by atoms with Gasteiger partial charge in [-0.05, 0) is 36.4 Å². The number of rotatable bonds is 3. The maximum absolute atomic E-state index is 14.1. The Kier molecular flexibility index (Phi) is 3.59. The van der Waals surface area contributed by atoms with Gasteiger partial charge in [0.25, 0.3) is 0 Å². The minimum Gasteiger partial charge on any atom is -0.311 e. The number of benzene rings is 1. The molecule has 1 saturated heterocycles. The monoisotopic (exact) mass is 221 g/mol. The van der Waals surface area contributed by atoms with Crippen LogP contribution in [0, 0.1) is 0 Å². The zero-order chi connectivity index (χ0) is 11.5. The Labute approximate surface area is 97.1 Å². The molecule has 16 heavy (non-hydrogen) atoms. The topological polar surface area (TPSA) is 12.0 Å². The molecule has 0 spiro atoms. The van der Waals surface area contributed by atoms with Crippen molar-refractivity contribution in [3.05, 3.63) is 35.4 Å². The Morgan fingerprint density at radius 2 is 1.81 bits per heavy atom. The van der Waals surface area contributed by atoms with Crippen LogP contribution in [0.15, 0.2) is 24.3 Å². The van der Waals surface area contributed by atoms with Crippen molar-refractivity contribution in [2.75, 3.05) is 6.54 Å². The minimum atomic E-state index is -0.858. The molecule has 0 saturated carbocycles. The van der Waals surface area contributed by atoms with Crippen LogP contribution >= 0.6 is 0 Å². The Balaban J connectivity index is 2.08. The summed E-state index contributed by atoms with van der Waals surface area (Å²) in [5, 5.41) is 3.22. The van der Waals surface area contributed by atoms with E-state index in [9.17, 15) is 4.39 Å². The molecule has 1 fully saturated rings. The summed E-state index contributed by atoms with van der Waals surface area (Å²) in [5.41, 5.74) is 2.08. The van der Waals surface area contributed by atoms with Gasteiger partial charge < -0.3 is 5.32 Å². The molecule has 2 atom stereocenters. The summed E-state index contributed by atoms with van der Waals surface area (Å²) in [5.74, 6) is 0.511. The van der Waals surface area contributed by atoms with Gasteiger partial charge in [0.15, 0.2) is 0 Å². The molecular weight excluding hydrogens is 201 g/mol. The van der Waals surface area contributed by atoms with Crippen LogP contribution in [0.5, 0.6) is 0 Å². The average Bonchev–Trinajstić information content (AvgIpc) is 2.81. The summed E-state index contributed by atoms with van der Waals surface area (Å²) in [6.45, 7) is 5.26. The predicted octanol–water partition coefficient (Wildman–Crippen LogP) is 3.57. The lowest BCUT2D eigenvalue weighted by Crippen LogP contribution is -2.26. The van der Waals surface area contributed by atoms with Crippen LogP contribution in [0.3, 0.4) is 0 Å². The summed E-state index contributed by atoms with van der Waals surface area (Å²) >= 11 is 0. The molecule has 1 aliphatic heterocycles. The SMILES string of the molecule is CC(C)c1ccc(C(F)C2CCCN2)cc1. The van der Waals surface area contributed by atoms with Crippen molar-refractivity contribution in [2.24, 2.45) is 0 Å². The highest BCUT2D eigenvalue weighted by molar-refractivity contribution is 5.27. The highest BCUT2D eigenvalue weighted by atomic mass is 19.1. The van der Waals surface area contributed by atoms with Gasteiger partial charge in [-0.3, -0.25) is 0 Å². The zero-order valence-electron chi connectivity index (χ0n) is 10.0. The van der Waals surface area contributed by atoms with E-state index in [1.807, 2.05) is 24.3 Å². The number of alkyl halides is 1. The quantitative estimate of drug-likeness (QED) is 0.822. The van der Waals surface area contributed by atoms with Crippen molar-refractivity contribution < 1.29 is 4.39 Å². The lowest BCUT2D eigenvalue weighted by molar-refractivity contribution is 0.271. The molecule has 1 N–H and O–H groups in total. The first-order valence-corrected chi connectivity index (χ1v) is 6.16. The van der Waals surface area contributed by atoms with E-state index in [0.29, 0.717) is 5.92 Å². The van der Waals surface area contributed by atoms with Crippen LogP contribution in [0.2, 0.25) is 0 Å². The maximum atomic E-state index is 14.1. The van der Waals surface area contributed by atoms with Gasteiger partial charge in [-0.25, -0.2) is 4.39 Å². The third-order valence-electron chi connectivity index (χ3n) is 3.37. The maximum Gasteiger partial charge on any atom is 0.140 e. The van der Waals surface area contributed by atoms with Crippen LogP contribution in [0.25, 0.3) is 0 Å². The summed E-state index contributed by atoms with van der Waals surface area (Å²) in [6.07, 6.45) is 1.19. The van der Waals surface area contributed by atoms with Crippen molar-refractivity contribution in [1.82, 2.24) is 5.32 Å². The van der Waals surface area contributed by atoms with E-state index < -0.39 is 6.17 Å². The fourth-order valence-corrected chi connectivity index (χ4v) is 2.26. The molecule has 0 aliphatic carbocycles. The third-order valence-corrected chi connectivity index (χ3v) is 3.37. The van der Waals surface area contributed by atoms with Crippen molar-refractivity contribution in [3.8, 4) is 0 Å². The normalized spacial score (nSPS) is 22.6. The minimum absolute atomic E-state index is 0.0184. The molecule has 0 aromatic heterocycles. The first-order valence-electron chi connectivity index (χ1n) is 6.16. The molecule has 0 radical (unpaired) electrons. The second kappa shape index (κ2) is 4.96. The summed E-state index contributed by atoms with van der Waals surface area (Å²) in [7, 11) is 0. The molecule has 1 aromatic rings. The van der Waals surface area contributed by atoms with E-state index in [2.05, 4.69) is 19.2 Å². The van der Waals surface area contributed by atoms with E-state index >= 15 is 0 Å². The van der Waals surface area contributed by atoms with Gasteiger partial charge in [-0.1, -0.05) is 38.1 Å². The average molecular weight is 221 g/mol. The van der Waals surface area contributed by atoms with Crippen molar-refractivity contribution in [3.63, 3.8) is 0 Å². The van der Waals surface area contributed by atoms with Crippen molar-refractivity contribution in [1.29, 1.82) is 0 Å². The highest BCUT2D eigenvalue weighted by Crippen LogP contribution is 2.27. The van der Waals surface area contributed by atoms with Gasteiger partial charge in [0.05, 0.1) is 0 Å². The Hall–Kier alpha value is -0.890. The van der Waals surface area contributed by atoms with Crippen LogP contribution in [-0.2, 0) is 0 Å². The highest BCUT2D eigenvalue weighted by Gasteiger charge is 2.25. The summed E-state index contributed by atoms with van der Waals surface area (Å²) in [4.78, 5) is 0. The summed E-state index contributed by atoms with van der Waals surface area (Å²) < 4.78 is 14.1. The molecule has 2 unspecified atom stereocenters. The number of hydrogen-bond acceptors (Lipinski definition) is 1. The predicted molar refractivity (Wildman–Crippen MR) is 65.4 cm³/mol. The van der Waals surface area contributed by atoms with Gasteiger partial charge in [-0.15, -0.1) is 0 Å². The first-order chi connectivity index (χ1) is 7.68. The molecule has 0 bridgehead atoms. The Morgan fingerprint density at radius 1 is 1.19 bits per heavy atom. The van der Waals surface area contributed by atoms with Crippen LogP contribution in [0.4, 0.5) is 4.39 Å². The Morgan fingerprint density at radius 3 is 2.31 bits per heavy atom. The molecule has 1 heterocycles. The van der Waals surface area contributed by atoms with Crippen molar-refractivity contribution in [2.45, 2.75) is 44.8 Å². The van der Waals surface area contributed by atoms with E-state index in [0.717, 1.165) is 24.9 Å². The second-order valence-electron chi connectivity index (χ2n) is 4.93. The molecule has 1 aromatic carbocycles. The van der Waals surface area contributed by atoms with Gasteiger partial charge in [0.1, 0.15) is 6.17 Å². The smallest absolute Gasteiger partial charge is 0.140 e. The fourth-order valence-electron chi connectivity index (χ4n) is 2.26. The standard InChI is InChI=1S/C14H20FN/c1-10(2)11-5-7-12(8-6-11)14(15)13-4-3-9-16-13/h5-8,10,13-14,16H,3-4,9H2,1-2H3. The van der Waals surface area contributed by atoms with E-state index in [1.54, 1.807) is 0 Å². The largest absolute Gasteiger partial charge is 0.311 e. The molecule has 2 heteroatoms. The lowest BCUT2D eigenvalue weighted by atomic mass is 9.97. The number of halogens is 1. The van der Waals surface area contributed by atoms with Crippen molar-refractivity contribution >= 4 is 0 Å². The van der Waals surface area contributed by atoms with Gasteiger partial charge in [0, 0.05) is 6.04 Å². The van der Waals surface area contributed by atoms with Crippen LogP contribution in [-0.4, -0.2) is 12.6 Å². The first kappa shape index (κ1) is 11.6. The van der Waals surface area contributed by atoms with Gasteiger partial charge in [0.2, 0.25) is 0 Å². The van der Waals surface area contributed by atoms with Crippen LogP contribution < -0.4 is 5.32 Å². The molecule has 88 valence electrons. The number of nitrogens with one attached hydrogen (secondary N) is 1. The van der Waals surface area contributed by atoms with Gasteiger partial charge >= 0.3 is 0 Å². The van der Waals surface area contributed by atoms with E-state index in [-0.39, 0.29) is 6.04 Å². The molecule has 2 rings (SSSR count). The van der Waals surface area contributed by atoms with Gasteiger partial charge in [-0.2, -0.15) is 0 Å². The lowest BCUT2D eigenvalue weighted by Gasteiger charge is -2.17. The fraction of sp³-hybridized carbons (Fsp3) is 0.571. The summed E-state index contributed by atoms with van der Waals surface area (Å²) in [6, 6.07) is 7.97. The second-order valence-corrected chi connectivity index (χ2v) is 4.93. The molecule has 0 amide bonds. The molecule has 1 aliphatic rings. The third kappa shape index (κ3) is 2.43. The number of hydrogen-bond donors (Lipinski definition) is 1.